The minimum Gasteiger partial charge on any atom is -0.481 e. The second kappa shape index (κ2) is 8.11. The van der Waals surface area contributed by atoms with Crippen molar-refractivity contribution in [3.8, 4) is 6.07 Å². The van der Waals surface area contributed by atoms with Crippen molar-refractivity contribution in [1.82, 2.24) is 0 Å². The van der Waals surface area contributed by atoms with Crippen LogP contribution in [0, 0.1) is 11.3 Å². The van der Waals surface area contributed by atoms with Crippen LogP contribution < -0.4 is 0 Å². The highest BCUT2D eigenvalue weighted by Gasteiger charge is 2.09. The lowest BCUT2D eigenvalue weighted by molar-refractivity contribution is -0.137. The summed E-state index contributed by atoms with van der Waals surface area (Å²) in [4.78, 5) is 10.2. The Morgan fingerprint density at radius 2 is 1.75 bits per heavy atom. The van der Waals surface area contributed by atoms with Crippen molar-refractivity contribution in [2.24, 2.45) is 0 Å². The Morgan fingerprint density at radius 1 is 1.12 bits per heavy atom. The largest absolute Gasteiger partial charge is 0.481 e. The first-order valence-corrected chi connectivity index (χ1v) is 7.09. The summed E-state index contributed by atoms with van der Waals surface area (Å²) in [5.41, 5.74) is 0. The summed E-state index contributed by atoms with van der Waals surface area (Å²) >= 11 is 0. The Morgan fingerprint density at radius 3 is 2.31 bits per heavy atom. The van der Waals surface area contributed by atoms with E-state index in [9.17, 15) is 13.2 Å². The van der Waals surface area contributed by atoms with Gasteiger partial charge in [-0.3, -0.25) is 4.79 Å². The zero-order valence-electron chi connectivity index (χ0n) is 9.18. The van der Waals surface area contributed by atoms with E-state index in [1.807, 2.05) is 6.07 Å². The van der Waals surface area contributed by atoms with Gasteiger partial charge in [0.15, 0.2) is 0 Å². The summed E-state index contributed by atoms with van der Waals surface area (Å²) in [5.74, 6) is -0.700. The molecular weight excluding hydrogens is 230 g/mol. The van der Waals surface area contributed by atoms with Gasteiger partial charge in [-0.05, 0) is 19.3 Å². The SMILES string of the molecule is N#CCCCS(=O)(=O)CCCCCC(=O)O. The Kier molecular flexibility index (Phi) is 7.56. The van der Waals surface area contributed by atoms with Crippen LogP contribution in [0.4, 0.5) is 0 Å². The van der Waals surface area contributed by atoms with Crippen molar-refractivity contribution in [2.75, 3.05) is 11.5 Å². The molecule has 0 fully saturated rings. The maximum atomic E-state index is 11.4. The third-order valence-electron chi connectivity index (χ3n) is 2.09. The Labute approximate surface area is 96.0 Å². The molecule has 0 radical (unpaired) electrons. The summed E-state index contributed by atoms with van der Waals surface area (Å²) in [5, 5.41) is 16.6. The molecule has 16 heavy (non-hydrogen) atoms. The highest BCUT2D eigenvalue weighted by molar-refractivity contribution is 7.91. The molecule has 0 spiro atoms. The molecule has 0 aromatic carbocycles. The zero-order chi connectivity index (χ0) is 12.4. The quantitative estimate of drug-likeness (QED) is 0.620. The molecule has 1 N–H and O–H groups in total. The van der Waals surface area contributed by atoms with E-state index >= 15 is 0 Å². The van der Waals surface area contributed by atoms with E-state index in [1.54, 1.807) is 0 Å². The fourth-order valence-corrected chi connectivity index (χ4v) is 2.68. The molecule has 5 nitrogen and oxygen atoms in total. The van der Waals surface area contributed by atoms with Crippen LogP contribution in [0.15, 0.2) is 0 Å². The van der Waals surface area contributed by atoms with Gasteiger partial charge in [0.25, 0.3) is 0 Å². The first-order chi connectivity index (χ1) is 7.48. The molecule has 92 valence electrons. The highest BCUT2D eigenvalue weighted by Crippen LogP contribution is 2.05. The van der Waals surface area contributed by atoms with Crippen molar-refractivity contribution in [3.63, 3.8) is 0 Å². The van der Waals surface area contributed by atoms with Crippen LogP contribution in [0.5, 0.6) is 0 Å². The van der Waals surface area contributed by atoms with E-state index in [-0.39, 0.29) is 24.3 Å². The summed E-state index contributed by atoms with van der Waals surface area (Å²) in [6.45, 7) is 0. The average molecular weight is 247 g/mol. The van der Waals surface area contributed by atoms with Gasteiger partial charge >= 0.3 is 5.97 Å². The van der Waals surface area contributed by atoms with Gasteiger partial charge in [-0.15, -0.1) is 0 Å². The van der Waals surface area contributed by atoms with Crippen molar-refractivity contribution in [1.29, 1.82) is 5.26 Å². The van der Waals surface area contributed by atoms with Crippen LogP contribution in [-0.4, -0.2) is 31.0 Å². The molecule has 0 aliphatic rings. The Hall–Kier alpha value is -1.09. The molecule has 0 rings (SSSR count). The third kappa shape index (κ3) is 9.46. The number of nitriles is 1. The monoisotopic (exact) mass is 247 g/mol. The Bertz CT molecular complexity index is 342. The van der Waals surface area contributed by atoms with Crippen LogP contribution in [0.3, 0.4) is 0 Å². The predicted octanol–water partition coefficient (Wildman–Crippen LogP) is 1.35. The number of aliphatic carboxylic acids is 1. The average Bonchev–Trinajstić information content (AvgIpc) is 2.16. The standard InChI is InChI=1S/C10H17NO4S/c11-7-3-5-9-16(14,15)8-4-1-2-6-10(12)13/h1-6,8-9H2,(H,12,13). The predicted molar refractivity (Wildman–Crippen MR) is 59.6 cm³/mol. The van der Waals surface area contributed by atoms with E-state index in [2.05, 4.69) is 0 Å². The molecule has 0 amide bonds. The van der Waals surface area contributed by atoms with E-state index in [0.29, 0.717) is 25.7 Å². The molecule has 0 heterocycles. The van der Waals surface area contributed by atoms with Gasteiger partial charge in [0, 0.05) is 12.8 Å². The summed E-state index contributed by atoms with van der Waals surface area (Å²) in [6.07, 6.45) is 2.37. The van der Waals surface area contributed by atoms with Crippen molar-refractivity contribution in [3.05, 3.63) is 0 Å². The Balaban J connectivity index is 3.59. The summed E-state index contributed by atoms with van der Waals surface area (Å²) in [7, 11) is -3.05. The number of carboxylic acid groups (broad SMARTS) is 1. The number of carboxylic acids is 1. The first kappa shape index (κ1) is 14.9. The lowest BCUT2D eigenvalue weighted by Crippen LogP contribution is -2.11. The second-order valence-corrected chi connectivity index (χ2v) is 5.92. The fraction of sp³-hybridized carbons (Fsp3) is 0.800. The second-order valence-electron chi connectivity index (χ2n) is 3.62. The smallest absolute Gasteiger partial charge is 0.303 e. The normalized spacial score (nSPS) is 10.9. The van der Waals surface area contributed by atoms with Gasteiger partial charge in [0.1, 0.15) is 9.84 Å². The van der Waals surface area contributed by atoms with E-state index in [4.69, 9.17) is 10.4 Å². The van der Waals surface area contributed by atoms with Crippen molar-refractivity contribution >= 4 is 15.8 Å². The fourth-order valence-electron chi connectivity index (χ4n) is 1.25. The van der Waals surface area contributed by atoms with E-state index < -0.39 is 15.8 Å². The molecular formula is C10H17NO4S. The van der Waals surface area contributed by atoms with Gasteiger partial charge in [-0.2, -0.15) is 5.26 Å². The number of sulfone groups is 1. The van der Waals surface area contributed by atoms with Crippen LogP contribution in [0.1, 0.15) is 38.5 Å². The van der Waals surface area contributed by atoms with E-state index in [0.717, 1.165) is 0 Å². The van der Waals surface area contributed by atoms with E-state index in [1.165, 1.54) is 0 Å². The first-order valence-electron chi connectivity index (χ1n) is 5.27. The van der Waals surface area contributed by atoms with Crippen molar-refractivity contribution in [2.45, 2.75) is 38.5 Å². The lowest BCUT2D eigenvalue weighted by Gasteiger charge is -2.02. The molecule has 0 saturated carbocycles. The number of nitrogens with zero attached hydrogens (tertiary/aromatic N) is 1. The molecule has 0 atom stereocenters. The number of hydrogen-bond acceptors (Lipinski definition) is 4. The van der Waals surface area contributed by atoms with Crippen LogP contribution in [0.2, 0.25) is 0 Å². The number of unbranched alkanes of at least 4 members (excludes halogenated alkanes) is 3. The number of carbonyl (C=O) groups is 1. The van der Waals surface area contributed by atoms with Gasteiger partial charge < -0.3 is 5.11 Å². The van der Waals surface area contributed by atoms with Crippen LogP contribution in [0.25, 0.3) is 0 Å². The molecule has 0 aliphatic carbocycles. The summed E-state index contributed by atoms with van der Waals surface area (Å²) in [6, 6.07) is 1.90. The topological polar surface area (TPSA) is 95.2 Å². The third-order valence-corrected chi connectivity index (χ3v) is 3.91. The highest BCUT2D eigenvalue weighted by atomic mass is 32.2. The maximum absolute atomic E-state index is 11.4. The van der Waals surface area contributed by atoms with Gasteiger partial charge in [0.2, 0.25) is 0 Å². The molecule has 0 unspecified atom stereocenters. The minimum atomic E-state index is -3.05. The minimum absolute atomic E-state index is 0.0551. The zero-order valence-corrected chi connectivity index (χ0v) is 10.0. The van der Waals surface area contributed by atoms with Crippen LogP contribution in [-0.2, 0) is 14.6 Å². The van der Waals surface area contributed by atoms with Crippen LogP contribution >= 0.6 is 0 Å². The maximum Gasteiger partial charge on any atom is 0.303 e. The van der Waals surface area contributed by atoms with Crippen molar-refractivity contribution < 1.29 is 18.3 Å². The molecule has 0 aliphatic heterocycles. The lowest BCUT2D eigenvalue weighted by atomic mass is 10.2. The molecule has 0 aromatic heterocycles. The number of rotatable bonds is 9. The summed E-state index contributed by atoms with van der Waals surface area (Å²) < 4.78 is 22.8. The number of hydrogen-bond donors (Lipinski definition) is 1. The molecule has 0 saturated heterocycles. The molecule has 6 heteroatoms. The molecule has 0 aromatic rings. The molecule has 0 bridgehead atoms. The van der Waals surface area contributed by atoms with Gasteiger partial charge in [0.05, 0.1) is 17.6 Å². The van der Waals surface area contributed by atoms with Gasteiger partial charge in [-0.25, -0.2) is 8.42 Å². The van der Waals surface area contributed by atoms with Gasteiger partial charge in [-0.1, -0.05) is 6.42 Å².